The van der Waals surface area contributed by atoms with Gasteiger partial charge in [0.2, 0.25) is 0 Å². The molecule has 1 aromatic heterocycles. The smallest absolute Gasteiger partial charge is 0.270 e. The molecule has 2 aliphatic carbocycles. The fraction of sp³-hybridized carbons (Fsp3) is 0.520. The van der Waals surface area contributed by atoms with Crippen molar-refractivity contribution in [2.24, 2.45) is 5.92 Å². The first-order valence-corrected chi connectivity index (χ1v) is 11.6. The zero-order valence-corrected chi connectivity index (χ0v) is 17.9. The van der Waals surface area contributed by atoms with E-state index in [0.29, 0.717) is 17.7 Å². The highest BCUT2D eigenvalue weighted by molar-refractivity contribution is 5.92. The van der Waals surface area contributed by atoms with Crippen molar-refractivity contribution in [2.45, 2.75) is 57.2 Å². The van der Waals surface area contributed by atoms with Crippen molar-refractivity contribution in [2.75, 3.05) is 19.8 Å². The Hall–Kier alpha value is -2.44. The van der Waals surface area contributed by atoms with E-state index in [4.69, 9.17) is 9.47 Å². The second kappa shape index (κ2) is 9.37. The van der Waals surface area contributed by atoms with E-state index < -0.39 is 0 Å². The van der Waals surface area contributed by atoms with Crippen molar-refractivity contribution in [3.05, 3.63) is 58.9 Å². The van der Waals surface area contributed by atoms with Gasteiger partial charge in [-0.25, -0.2) is 4.98 Å². The Bertz CT molecular complexity index is 905. The van der Waals surface area contributed by atoms with Gasteiger partial charge in [0.15, 0.2) is 0 Å². The highest BCUT2D eigenvalue weighted by Gasteiger charge is 2.24. The summed E-state index contributed by atoms with van der Waals surface area (Å²) >= 11 is 0. The Morgan fingerprint density at radius 3 is 2.81 bits per heavy atom. The number of carbonyl (C=O) groups is 1. The molecule has 0 radical (unpaired) electrons. The normalized spacial score (nSPS) is 22.3. The van der Waals surface area contributed by atoms with Crippen molar-refractivity contribution < 1.29 is 14.3 Å². The highest BCUT2D eigenvalue weighted by Crippen LogP contribution is 2.29. The molecule has 1 saturated carbocycles. The predicted octanol–water partition coefficient (Wildman–Crippen LogP) is 3.04. The monoisotopic (exact) mass is 421 g/mol. The molecule has 0 spiro atoms. The van der Waals surface area contributed by atoms with E-state index in [9.17, 15) is 4.79 Å². The van der Waals surface area contributed by atoms with E-state index in [0.717, 1.165) is 51.3 Å². The molecule has 2 fully saturated rings. The van der Waals surface area contributed by atoms with Crippen LogP contribution in [0.3, 0.4) is 0 Å². The minimum Gasteiger partial charge on any atom is -0.492 e. The van der Waals surface area contributed by atoms with Crippen LogP contribution >= 0.6 is 0 Å². The summed E-state index contributed by atoms with van der Waals surface area (Å²) in [6.07, 6.45) is 8.58. The van der Waals surface area contributed by atoms with E-state index in [1.807, 2.05) is 6.07 Å². The molecule has 2 unspecified atom stereocenters. The number of nitrogens with zero attached hydrogens (tertiary/aromatic N) is 1. The van der Waals surface area contributed by atoms with Crippen LogP contribution in [0.5, 0.6) is 5.75 Å². The summed E-state index contributed by atoms with van der Waals surface area (Å²) < 4.78 is 11.4. The third-order valence-electron chi connectivity index (χ3n) is 6.42. The first kappa shape index (κ1) is 20.5. The lowest BCUT2D eigenvalue weighted by atomic mass is 10.1. The zero-order valence-electron chi connectivity index (χ0n) is 17.9. The third-order valence-corrected chi connectivity index (χ3v) is 6.42. The number of benzene rings is 1. The molecule has 2 heterocycles. The standard InChI is InChI=1S/C25H31N3O3/c29-25(24-8-7-23(15-27-24)31-16-17-3-4-17)28-21-11-19-6-5-18(10-20(19)12-21)13-26-14-22-2-1-9-30-22/h5-8,10,15,17,21-22,26H,1-4,9,11-14,16H2,(H,28,29). The number of rotatable bonds is 9. The summed E-state index contributed by atoms with van der Waals surface area (Å²) in [5.41, 5.74) is 4.38. The second-order valence-corrected chi connectivity index (χ2v) is 9.08. The van der Waals surface area contributed by atoms with Gasteiger partial charge in [-0.15, -0.1) is 0 Å². The number of fused-ring (bicyclic) bond motifs is 1. The topological polar surface area (TPSA) is 72.5 Å². The van der Waals surface area contributed by atoms with Crippen LogP contribution < -0.4 is 15.4 Å². The first-order valence-electron chi connectivity index (χ1n) is 11.6. The summed E-state index contributed by atoms with van der Waals surface area (Å²) in [4.78, 5) is 16.9. The van der Waals surface area contributed by atoms with Gasteiger partial charge in [0.05, 0.1) is 18.9 Å². The van der Waals surface area contributed by atoms with Crippen LogP contribution in [0.4, 0.5) is 0 Å². The molecule has 1 amide bonds. The van der Waals surface area contributed by atoms with Crippen LogP contribution in [0.25, 0.3) is 0 Å². The van der Waals surface area contributed by atoms with E-state index in [1.165, 1.54) is 36.0 Å². The molecule has 0 bridgehead atoms. The van der Waals surface area contributed by atoms with Gasteiger partial charge < -0.3 is 20.1 Å². The van der Waals surface area contributed by atoms with Gasteiger partial charge >= 0.3 is 0 Å². The maximum atomic E-state index is 12.6. The Kier molecular flexibility index (Phi) is 6.18. The van der Waals surface area contributed by atoms with Gasteiger partial charge in [-0.3, -0.25) is 4.79 Å². The number of ether oxygens (including phenoxy) is 2. The van der Waals surface area contributed by atoms with Crippen molar-refractivity contribution in [3.8, 4) is 5.75 Å². The van der Waals surface area contributed by atoms with Crippen LogP contribution in [0.15, 0.2) is 36.5 Å². The van der Waals surface area contributed by atoms with Crippen LogP contribution in [-0.2, 0) is 24.1 Å². The van der Waals surface area contributed by atoms with Crippen molar-refractivity contribution in [1.29, 1.82) is 0 Å². The summed E-state index contributed by atoms with van der Waals surface area (Å²) in [6, 6.07) is 10.4. The SMILES string of the molecule is O=C(NC1Cc2ccc(CNCC3CCCO3)cc2C1)c1ccc(OCC2CC2)cn1. The Morgan fingerprint density at radius 1 is 1.13 bits per heavy atom. The fourth-order valence-corrected chi connectivity index (χ4v) is 4.42. The molecule has 1 aromatic carbocycles. The van der Waals surface area contributed by atoms with Gasteiger partial charge in [-0.05, 0) is 73.3 Å². The van der Waals surface area contributed by atoms with Gasteiger partial charge in [0, 0.05) is 25.7 Å². The van der Waals surface area contributed by atoms with Gasteiger partial charge in [0.1, 0.15) is 11.4 Å². The molecule has 2 N–H and O–H groups in total. The van der Waals surface area contributed by atoms with Crippen molar-refractivity contribution in [1.82, 2.24) is 15.6 Å². The summed E-state index contributed by atoms with van der Waals surface area (Å²) in [7, 11) is 0. The predicted molar refractivity (Wildman–Crippen MR) is 118 cm³/mol. The number of aromatic nitrogens is 1. The first-order chi connectivity index (χ1) is 15.2. The van der Waals surface area contributed by atoms with Crippen LogP contribution in [0.1, 0.15) is 52.9 Å². The average Bonchev–Trinajstić information content (AvgIpc) is 3.30. The molecule has 1 aliphatic heterocycles. The molecular formula is C25H31N3O3. The molecule has 5 rings (SSSR count). The van der Waals surface area contributed by atoms with E-state index in [2.05, 4.69) is 33.8 Å². The van der Waals surface area contributed by atoms with Crippen molar-refractivity contribution in [3.63, 3.8) is 0 Å². The maximum Gasteiger partial charge on any atom is 0.270 e. The number of nitrogens with one attached hydrogen (secondary N) is 2. The summed E-state index contributed by atoms with van der Waals surface area (Å²) in [6.45, 7) is 3.40. The Labute approximate surface area is 183 Å². The number of amides is 1. The number of hydrogen-bond acceptors (Lipinski definition) is 5. The lowest BCUT2D eigenvalue weighted by Crippen LogP contribution is -2.35. The molecule has 164 valence electrons. The van der Waals surface area contributed by atoms with Crippen LogP contribution in [0, 0.1) is 5.92 Å². The lowest BCUT2D eigenvalue weighted by molar-refractivity contribution is 0.0933. The van der Waals surface area contributed by atoms with E-state index >= 15 is 0 Å². The van der Waals surface area contributed by atoms with E-state index in [1.54, 1.807) is 12.3 Å². The van der Waals surface area contributed by atoms with Gasteiger partial charge in [0.25, 0.3) is 5.91 Å². The molecule has 3 aliphatic rings. The summed E-state index contributed by atoms with van der Waals surface area (Å²) in [5, 5.41) is 6.66. The Balaban J connectivity index is 1.10. The molecule has 1 saturated heterocycles. The maximum absolute atomic E-state index is 12.6. The lowest BCUT2D eigenvalue weighted by Gasteiger charge is -2.12. The number of hydrogen-bond donors (Lipinski definition) is 2. The third kappa shape index (κ3) is 5.43. The molecule has 2 atom stereocenters. The molecule has 2 aromatic rings. The fourth-order valence-electron chi connectivity index (χ4n) is 4.42. The van der Waals surface area contributed by atoms with Crippen LogP contribution in [-0.4, -0.2) is 42.8 Å². The summed E-state index contributed by atoms with van der Waals surface area (Å²) in [5.74, 6) is 1.31. The van der Waals surface area contributed by atoms with Gasteiger partial charge in [-0.1, -0.05) is 18.2 Å². The molecule has 6 heteroatoms. The minimum atomic E-state index is -0.120. The average molecular weight is 422 g/mol. The quantitative estimate of drug-likeness (QED) is 0.651. The van der Waals surface area contributed by atoms with E-state index in [-0.39, 0.29) is 11.9 Å². The number of pyridine rings is 1. The van der Waals surface area contributed by atoms with Crippen LogP contribution in [0.2, 0.25) is 0 Å². The largest absolute Gasteiger partial charge is 0.492 e. The van der Waals surface area contributed by atoms with Crippen molar-refractivity contribution >= 4 is 5.91 Å². The highest BCUT2D eigenvalue weighted by atomic mass is 16.5. The molecule has 31 heavy (non-hydrogen) atoms. The Morgan fingerprint density at radius 2 is 2.03 bits per heavy atom. The molecular weight excluding hydrogens is 390 g/mol. The minimum absolute atomic E-state index is 0.116. The zero-order chi connectivity index (χ0) is 21.0. The second-order valence-electron chi connectivity index (χ2n) is 9.08. The van der Waals surface area contributed by atoms with Gasteiger partial charge in [-0.2, -0.15) is 0 Å². The molecule has 6 nitrogen and oxygen atoms in total. The number of carbonyl (C=O) groups excluding carboxylic acids is 1.